The minimum Gasteiger partial charge on any atom is -0.372 e. The van der Waals surface area contributed by atoms with E-state index in [0.717, 1.165) is 22.7 Å². The van der Waals surface area contributed by atoms with Crippen molar-refractivity contribution >= 4 is 16.3 Å². The number of anilines is 1. The van der Waals surface area contributed by atoms with E-state index in [9.17, 15) is 0 Å². The molecular formula is C14H14N2S. The van der Waals surface area contributed by atoms with Crippen LogP contribution in [0.15, 0.2) is 30.3 Å². The van der Waals surface area contributed by atoms with Gasteiger partial charge in [-0.25, -0.2) is 0 Å². The van der Waals surface area contributed by atoms with Gasteiger partial charge in [0.2, 0.25) is 0 Å². The largest absolute Gasteiger partial charge is 0.372 e. The van der Waals surface area contributed by atoms with E-state index >= 15 is 0 Å². The number of rotatable bonds is 3. The first kappa shape index (κ1) is 11.7. The lowest BCUT2D eigenvalue weighted by Gasteiger charge is -2.04. The molecular weight excluding hydrogens is 228 g/mol. The van der Waals surface area contributed by atoms with Crippen LogP contribution in [0.25, 0.3) is 0 Å². The van der Waals surface area contributed by atoms with Crippen molar-refractivity contribution in [1.29, 1.82) is 5.26 Å². The van der Waals surface area contributed by atoms with Crippen molar-refractivity contribution < 1.29 is 0 Å². The molecule has 3 heteroatoms. The van der Waals surface area contributed by atoms with Crippen LogP contribution in [-0.4, -0.2) is 0 Å². The fourth-order valence-electron chi connectivity index (χ4n) is 1.66. The molecule has 1 heterocycles. The quantitative estimate of drug-likeness (QED) is 0.887. The summed E-state index contributed by atoms with van der Waals surface area (Å²) in [6.07, 6.45) is 0. The molecule has 0 aliphatic heterocycles. The average molecular weight is 242 g/mol. The Labute approximate surface area is 106 Å². The molecule has 0 atom stereocenters. The Kier molecular flexibility index (Phi) is 3.46. The highest BCUT2D eigenvalue weighted by Crippen LogP contribution is 2.31. The Hall–Kier alpha value is -1.79. The van der Waals surface area contributed by atoms with Gasteiger partial charge in [-0.05, 0) is 25.0 Å². The highest BCUT2D eigenvalue weighted by molar-refractivity contribution is 7.16. The molecule has 17 heavy (non-hydrogen) atoms. The van der Waals surface area contributed by atoms with Gasteiger partial charge < -0.3 is 5.32 Å². The molecule has 2 aromatic rings. The third-order valence-corrected chi connectivity index (χ3v) is 3.96. The van der Waals surface area contributed by atoms with Crippen molar-refractivity contribution in [3.63, 3.8) is 0 Å². The third kappa shape index (κ3) is 2.48. The van der Waals surface area contributed by atoms with E-state index in [2.05, 4.69) is 30.4 Å². The third-order valence-electron chi connectivity index (χ3n) is 2.79. The zero-order valence-electron chi connectivity index (χ0n) is 9.95. The maximum absolute atomic E-state index is 9.13. The second kappa shape index (κ2) is 5.03. The molecule has 1 N–H and O–H groups in total. The lowest BCUT2D eigenvalue weighted by Crippen LogP contribution is -1.98. The van der Waals surface area contributed by atoms with Crippen molar-refractivity contribution in [3.8, 4) is 6.07 Å². The first-order chi connectivity index (χ1) is 8.22. The summed E-state index contributed by atoms with van der Waals surface area (Å²) in [5, 5.41) is 13.4. The van der Waals surface area contributed by atoms with E-state index in [1.54, 1.807) is 11.3 Å². The molecule has 0 saturated heterocycles. The van der Waals surface area contributed by atoms with Crippen LogP contribution in [0.5, 0.6) is 0 Å². The summed E-state index contributed by atoms with van der Waals surface area (Å²) in [7, 11) is 0. The second-order valence-electron chi connectivity index (χ2n) is 3.94. The van der Waals surface area contributed by atoms with Crippen molar-refractivity contribution in [2.24, 2.45) is 0 Å². The van der Waals surface area contributed by atoms with E-state index in [-0.39, 0.29) is 0 Å². The second-order valence-corrected chi connectivity index (χ2v) is 5.16. The number of benzene rings is 1. The predicted octanol–water partition coefficient (Wildman–Crippen LogP) is 3.85. The number of hydrogen-bond donors (Lipinski definition) is 1. The summed E-state index contributed by atoms with van der Waals surface area (Å²) < 4.78 is 0. The molecule has 0 amide bonds. The number of nitrogens with one attached hydrogen (secondary N) is 1. The van der Waals surface area contributed by atoms with E-state index < -0.39 is 0 Å². The molecule has 0 unspecified atom stereocenters. The normalized spacial score (nSPS) is 9.94. The van der Waals surface area contributed by atoms with E-state index in [1.807, 2.05) is 25.1 Å². The highest BCUT2D eigenvalue weighted by atomic mass is 32.1. The number of aryl methyl sites for hydroxylation is 1. The van der Waals surface area contributed by atoms with Gasteiger partial charge in [-0.1, -0.05) is 30.3 Å². The van der Waals surface area contributed by atoms with Gasteiger partial charge in [0.15, 0.2) is 0 Å². The van der Waals surface area contributed by atoms with Crippen LogP contribution in [0.4, 0.5) is 5.00 Å². The zero-order chi connectivity index (χ0) is 12.3. The fourth-order valence-corrected chi connectivity index (χ4v) is 2.67. The average Bonchev–Trinajstić information content (AvgIpc) is 2.63. The van der Waals surface area contributed by atoms with Crippen molar-refractivity contribution in [1.82, 2.24) is 0 Å². The summed E-state index contributed by atoms with van der Waals surface area (Å²) in [6.45, 7) is 4.81. The molecule has 0 aliphatic carbocycles. The van der Waals surface area contributed by atoms with Crippen LogP contribution >= 0.6 is 11.3 Å². The summed E-state index contributed by atoms with van der Waals surface area (Å²) >= 11 is 1.65. The van der Waals surface area contributed by atoms with Crippen LogP contribution in [0.2, 0.25) is 0 Å². The lowest BCUT2D eigenvalue weighted by atomic mass is 10.2. The molecule has 1 aromatic carbocycles. The first-order valence-electron chi connectivity index (χ1n) is 5.50. The van der Waals surface area contributed by atoms with Crippen molar-refractivity contribution in [2.45, 2.75) is 20.4 Å². The van der Waals surface area contributed by atoms with E-state index in [4.69, 9.17) is 5.26 Å². The first-order valence-corrected chi connectivity index (χ1v) is 6.32. The van der Waals surface area contributed by atoms with Gasteiger partial charge in [0.1, 0.15) is 11.1 Å². The Morgan fingerprint density at radius 1 is 1.24 bits per heavy atom. The van der Waals surface area contributed by atoms with Crippen LogP contribution in [-0.2, 0) is 6.54 Å². The van der Waals surface area contributed by atoms with Gasteiger partial charge in [-0.2, -0.15) is 5.26 Å². The molecule has 0 fully saturated rings. The minimum absolute atomic E-state index is 0.759. The van der Waals surface area contributed by atoms with Crippen molar-refractivity contribution in [3.05, 3.63) is 51.9 Å². The maximum Gasteiger partial charge on any atom is 0.107 e. The van der Waals surface area contributed by atoms with Gasteiger partial charge >= 0.3 is 0 Å². The Morgan fingerprint density at radius 2 is 1.94 bits per heavy atom. The smallest absolute Gasteiger partial charge is 0.107 e. The summed E-state index contributed by atoms with van der Waals surface area (Å²) in [5.41, 5.74) is 3.09. The summed E-state index contributed by atoms with van der Waals surface area (Å²) in [6, 6.07) is 12.5. The number of thiophene rings is 1. The van der Waals surface area contributed by atoms with Crippen LogP contribution in [0.1, 0.15) is 21.6 Å². The van der Waals surface area contributed by atoms with E-state index in [0.29, 0.717) is 0 Å². The predicted molar refractivity (Wildman–Crippen MR) is 72.3 cm³/mol. The number of hydrogen-bond acceptors (Lipinski definition) is 3. The molecule has 0 aliphatic rings. The van der Waals surface area contributed by atoms with Crippen LogP contribution < -0.4 is 5.32 Å². The maximum atomic E-state index is 9.13. The van der Waals surface area contributed by atoms with Gasteiger partial charge in [-0.15, -0.1) is 11.3 Å². The van der Waals surface area contributed by atoms with Crippen molar-refractivity contribution in [2.75, 3.05) is 5.32 Å². The monoisotopic (exact) mass is 242 g/mol. The standard InChI is InChI=1S/C14H14N2S/c1-10-11(2)17-14(13(10)8-15)16-9-12-6-4-3-5-7-12/h3-7,16H,9H2,1-2H3. The van der Waals surface area contributed by atoms with Gasteiger partial charge in [0, 0.05) is 11.4 Å². The van der Waals surface area contributed by atoms with Gasteiger partial charge in [-0.3, -0.25) is 0 Å². The highest BCUT2D eigenvalue weighted by Gasteiger charge is 2.11. The molecule has 0 bridgehead atoms. The Bertz CT molecular complexity index is 550. The van der Waals surface area contributed by atoms with E-state index in [1.165, 1.54) is 10.4 Å². The molecule has 1 aromatic heterocycles. The molecule has 2 rings (SSSR count). The molecule has 0 saturated carbocycles. The van der Waals surface area contributed by atoms with Gasteiger partial charge in [0.05, 0.1) is 5.56 Å². The SMILES string of the molecule is Cc1sc(NCc2ccccc2)c(C#N)c1C. The number of nitriles is 1. The van der Waals surface area contributed by atoms with Gasteiger partial charge in [0.25, 0.3) is 0 Å². The van der Waals surface area contributed by atoms with Crippen LogP contribution in [0.3, 0.4) is 0 Å². The topological polar surface area (TPSA) is 35.8 Å². The Morgan fingerprint density at radius 3 is 2.59 bits per heavy atom. The molecule has 0 spiro atoms. The lowest BCUT2D eigenvalue weighted by molar-refractivity contribution is 1.16. The molecule has 0 radical (unpaired) electrons. The summed E-state index contributed by atoms with van der Waals surface area (Å²) in [5.74, 6) is 0. The zero-order valence-corrected chi connectivity index (χ0v) is 10.8. The van der Waals surface area contributed by atoms with Crippen LogP contribution in [0, 0.1) is 25.2 Å². The molecule has 2 nitrogen and oxygen atoms in total. The Balaban J connectivity index is 2.15. The fraction of sp³-hybridized carbons (Fsp3) is 0.214. The summed E-state index contributed by atoms with van der Waals surface area (Å²) in [4.78, 5) is 1.21. The number of nitrogens with zero attached hydrogens (tertiary/aromatic N) is 1. The minimum atomic E-state index is 0.759. The molecule has 86 valence electrons.